The van der Waals surface area contributed by atoms with E-state index >= 15 is 0 Å². The number of nitrogens with zero attached hydrogens (tertiary/aromatic N) is 1. The molecule has 5 aliphatic rings. The minimum atomic E-state index is 0.253. The Balaban J connectivity index is 1.30. The quantitative estimate of drug-likeness (QED) is 0.267. The van der Waals surface area contributed by atoms with E-state index in [0.717, 1.165) is 18.8 Å². The van der Waals surface area contributed by atoms with Gasteiger partial charge in [0.1, 0.15) is 7.85 Å². The Kier molecular flexibility index (Phi) is 8.39. The smallest absolute Gasteiger partial charge is 0.138 e. The minimum Gasteiger partial charge on any atom is -0.284 e. The predicted octanol–water partition coefficient (Wildman–Crippen LogP) is 8.26. The van der Waals surface area contributed by atoms with Crippen LogP contribution >= 0.6 is 0 Å². The van der Waals surface area contributed by atoms with Gasteiger partial charge >= 0.3 is 0 Å². The van der Waals surface area contributed by atoms with Crippen molar-refractivity contribution in [1.82, 2.24) is 4.90 Å². The molecule has 7 unspecified atom stereocenters. The molecular weight excluding hydrogens is 457 g/mol. The van der Waals surface area contributed by atoms with E-state index in [4.69, 9.17) is 0 Å². The zero-order chi connectivity index (χ0) is 26.9. The van der Waals surface area contributed by atoms with Crippen molar-refractivity contribution in [3.05, 3.63) is 95.1 Å². The summed E-state index contributed by atoms with van der Waals surface area (Å²) in [6.07, 6.45) is 38.5. The lowest BCUT2D eigenvalue weighted by molar-refractivity contribution is 0.119. The molecule has 0 heterocycles. The Morgan fingerprint density at radius 1 is 0.737 bits per heavy atom. The third-order valence-electron chi connectivity index (χ3n) is 10.0. The monoisotopic (exact) mass is 507 g/mol. The van der Waals surface area contributed by atoms with Gasteiger partial charge in [-0.15, -0.1) is 0 Å². The molecule has 5 rings (SSSR count). The summed E-state index contributed by atoms with van der Waals surface area (Å²) < 4.78 is 0. The maximum Gasteiger partial charge on any atom is 0.138 e. The van der Waals surface area contributed by atoms with Crippen LogP contribution in [0, 0.1) is 29.1 Å². The molecule has 0 fully saturated rings. The second-order valence-corrected chi connectivity index (χ2v) is 13.8. The standard InChI is InChI=1S/C36H50BN/c1-25-6-19-35(24-26(25)2)38(34-22-13-30(14-23-34)28-9-17-32(37)18-10-28)33-20-11-29(12-21-33)27-7-15-31(16-8-27)36(3,4)5/h7,9,11,13-18,20,22,24-25,27-29,33-35H,6,8,10,12,19,21,23,37H2,1-5H3. The van der Waals surface area contributed by atoms with Gasteiger partial charge in [0.2, 0.25) is 0 Å². The van der Waals surface area contributed by atoms with E-state index in [1.54, 1.807) is 5.57 Å². The van der Waals surface area contributed by atoms with Crippen LogP contribution in [0.2, 0.25) is 0 Å². The third-order valence-corrected chi connectivity index (χ3v) is 10.0. The molecule has 0 aromatic heterocycles. The van der Waals surface area contributed by atoms with Gasteiger partial charge in [0.15, 0.2) is 0 Å². The summed E-state index contributed by atoms with van der Waals surface area (Å²) in [6, 6.07) is 1.57. The summed E-state index contributed by atoms with van der Waals surface area (Å²) in [4.78, 5) is 2.89. The second-order valence-electron chi connectivity index (χ2n) is 13.8. The van der Waals surface area contributed by atoms with Crippen LogP contribution in [0.4, 0.5) is 0 Å². The van der Waals surface area contributed by atoms with E-state index in [1.165, 1.54) is 48.7 Å². The topological polar surface area (TPSA) is 3.24 Å². The second kappa shape index (κ2) is 11.6. The first-order chi connectivity index (χ1) is 18.2. The van der Waals surface area contributed by atoms with Gasteiger partial charge in [-0.1, -0.05) is 112 Å². The van der Waals surface area contributed by atoms with Crippen molar-refractivity contribution in [3.8, 4) is 0 Å². The zero-order valence-electron chi connectivity index (χ0n) is 24.9. The molecule has 202 valence electrons. The molecule has 7 atom stereocenters. The fourth-order valence-electron chi connectivity index (χ4n) is 7.21. The van der Waals surface area contributed by atoms with Crippen LogP contribution in [0.5, 0.6) is 0 Å². The molecule has 38 heavy (non-hydrogen) atoms. The average Bonchev–Trinajstić information content (AvgIpc) is 2.92. The first-order valence-corrected chi connectivity index (χ1v) is 15.4. The summed E-state index contributed by atoms with van der Waals surface area (Å²) in [5.41, 5.74) is 6.25. The van der Waals surface area contributed by atoms with Crippen molar-refractivity contribution in [3.63, 3.8) is 0 Å². The van der Waals surface area contributed by atoms with Crippen molar-refractivity contribution >= 4 is 7.85 Å². The Labute approximate surface area is 234 Å². The van der Waals surface area contributed by atoms with Crippen LogP contribution in [0.1, 0.15) is 79.6 Å². The van der Waals surface area contributed by atoms with E-state index in [9.17, 15) is 0 Å². The van der Waals surface area contributed by atoms with Gasteiger partial charge in [0.25, 0.3) is 0 Å². The summed E-state index contributed by atoms with van der Waals surface area (Å²) in [5.74, 6) is 2.61. The van der Waals surface area contributed by atoms with Crippen molar-refractivity contribution in [2.24, 2.45) is 29.1 Å². The van der Waals surface area contributed by atoms with Crippen LogP contribution < -0.4 is 0 Å². The summed E-state index contributed by atoms with van der Waals surface area (Å²) >= 11 is 0. The first kappa shape index (κ1) is 27.5. The SMILES string of the molecule is BC1=CCC(C2=CCC(N(C3C=C(C)C(C)CC3)C3C=CC(C4C=CC(C(C)(C)C)=CC4)CC3)C=C2)C=C1. The zero-order valence-corrected chi connectivity index (χ0v) is 24.9. The van der Waals surface area contributed by atoms with Crippen molar-refractivity contribution < 1.29 is 0 Å². The Bertz CT molecular complexity index is 1120. The molecule has 0 aromatic carbocycles. The molecule has 5 aliphatic carbocycles. The fourth-order valence-corrected chi connectivity index (χ4v) is 7.21. The van der Waals surface area contributed by atoms with Gasteiger partial charge in [0, 0.05) is 24.0 Å². The number of rotatable bonds is 5. The summed E-state index contributed by atoms with van der Waals surface area (Å²) in [7, 11) is 2.21. The summed E-state index contributed by atoms with van der Waals surface area (Å²) in [6.45, 7) is 11.7. The molecule has 0 spiro atoms. The number of hydrogen-bond donors (Lipinski definition) is 0. The molecule has 2 heteroatoms. The van der Waals surface area contributed by atoms with Crippen LogP contribution in [-0.2, 0) is 0 Å². The highest BCUT2D eigenvalue weighted by Crippen LogP contribution is 2.39. The van der Waals surface area contributed by atoms with Crippen LogP contribution in [0.3, 0.4) is 0 Å². The Hall–Kier alpha value is -2.06. The highest BCUT2D eigenvalue weighted by atomic mass is 15.2. The van der Waals surface area contributed by atoms with Gasteiger partial charge in [-0.25, -0.2) is 0 Å². The van der Waals surface area contributed by atoms with E-state index in [1.807, 2.05) is 0 Å². The lowest BCUT2D eigenvalue weighted by Gasteiger charge is -2.45. The molecule has 1 nitrogen and oxygen atoms in total. The molecule has 0 saturated carbocycles. The molecular formula is C36H50BN. The molecule has 0 saturated heterocycles. The van der Waals surface area contributed by atoms with Crippen molar-refractivity contribution in [1.29, 1.82) is 0 Å². The Morgan fingerprint density at radius 3 is 2.13 bits per heavy atom. The fraction of sp³-hybridized carbons (Fsp3) is 0.556. The largest absolute Gasteiger partial charge is 0.284 e. The van der Waals surface area contributed by atoms with Gasteiger partial charge in [-0.05, 0) is 86.2 Å². The van der Waals surface area contributed by atoms with Gasteiger partial charge in [0.05, 0.1) is 0 Å². The Morgan fingerprint density at radius 2 is 1.55 bits per heavy atom. The van der Waals surface area contributed by atoms with Crippen molar-refractivity contribution in [2.75, 3.05) is 0 Å². The minimum absolute atomic E-state index is 0.253. The highest BCUT2D eigenvalue weighted by Gasteiger charge is 2.35. The predicted molar refractivity (Wildman–Crippen MR) is 168 cm³/mol. The van der Waals surface area contributed by atoms with Crippen LogP contribution in [0.15, 0.2) is 95.1 Å². The van der Waals surface area contributed by atoms with E-state index < -0.39 is 0 Å². The van der Waals surface area contributed by atoms with Gasteiger partial charge in [-0.2, -0.15) is 0 Å². The average molecular weight is 508 g/mol. The van der Waals surface area contributed by atoms with Gasteiger partial charge in [-0.3, -0.25) is 4.90 Å². The summed E-state index contributed by atoms with van der Waals surface area (Å²) in [5, 5.41) is 0. The third kappa shape index (κ3) is 6.22. The maximum atomic E-state index is 2.89. The highest BCUT2D eigenvalue weighted by molar-refractivity contribution is 6.23. The molecule has 0 aliphatic heterocycles. The maximum absolute atomic E-state index is 2.89. The van der Waals surface area contributed by atoms with Crippen molar-refractivity contribution in [2.45, 2.75) is 97.7 Å². The number of allylic oxidation sites excluding steroid dienone is 12. The lowest BCUT2D eigenvalue weighted by atomic mass is 9.75. The number of hydrogen-bond acceptors (Lipinski definition) is 1. The molecule has 0 bridgehead atoms. The van der Waals surface area contributed by atoms with Crippen LogP contribution in [-0.4, -0.2) is 30.9 Å². The van der Waals surface area contributed by atoms with E-state index in [2.05, 4.69) is 120 Å². The normalized spacial score (nSPS) is 35.6. The van der Waals surface area contributed by atoms with E-state index in [-0.39, 0.29) is 5.41 Å². The molecule has 0 radical (unpaired) electrons. The van der Waals surface area contributed by atoms with Crippen LogP contribution in [0.25, 0.3) is 0 Å². The van der Waals surface area contributed by atoms with Gasteiger partial charge < -0.3 is 0 Å². The first-order valence-electron chi connectivity index (χ1n) is 15.4. The lowest BCUT2D eigenvalue weighted by Crippen LogP contribution is -2.49. The molecule has 0 amide bonds. The molecule has 0 aromatic rings. The van der Waals surface area contributed by atoms with E-state index in [0.29, 0.717) is 35.9 Å². The molecule has 0 N–H and O–H groups in total.